The molecule has 0 aliphatic heterocycles. The van der Waals surface area contributed by atoms with Gasteiger partial charge in [0.1, 0.15) is 5.75 Å². The summed E-state index contributed by atoms with van der Waals surface area (Å²) in [4.78, 5) is 23.4. The van der Waals surface area contributed by atoms with Crippen LogP contribution >= 0.6 is 11.6 Å². The highest BCUT2D eigenvalue weighted by atomic mass is 35.5. The molecule has 1 N–H and O–H groups in total. The molecule has 0 radical (unpaired) electrons. The molecule has 0 bridgehead atoms. The molecule has 0 heterocycles. The van der Waals surface area contributed by atoms with Crippen molar-refractivity contribution in [2.45, 2.75) is 51.7 Å². The predicted octanol–water partition coefficient (Wildman–Crippen LogP) is 3.02. The Morgan fingerprint density at radius 2 is 2.13 bits per heavy atom. The summed E-state index contributed by atoms with van der Waals surface area (Å²) in [5, 5.41) is 3.47. The number of nitrogens with one attached hydrogen (secondary N) is 1. The second kappa shape index (κ2) is 8.20. The lowest BCUT2D eigenvalue weighted by molar-refractivity contribution is -0.155. The zero-order valence-electron chi connectivity index (χ0n) is 13.4. The normalized spacial score (nSPS) is 14.9. The van der Waals surface area contributed by atoms with Crippen LogP contribution in [-0.2, 0) is 14.3 Å². The van der Waals surface area contributed by atoms with Gasteiger partial charge in [0.2, 0.25) is 0 Å². The Bertz CT molecular complexity index is 572. The smallest absolute Gasteiger partial charge is 0.306 e. The van der Waals surface area contributed by atoms with E-state index in [0.717, 1.165) is 24.2 Å². The third-order valence-corrected chi connectivity index (χ3v) is 3.76. The number of aryl methyl sites for hydroxylation is 1. The molecule has 2 rings (SSSR count). The highest BCUT2D eigenvalue weighted by molar-refractivity contribution is 6.30. The van der Waals surface area contributed by atoms with Crippen molar-refractivity contribution in [3.8, 4) is 5.75 Å². The number of hydrogen-bond acceptors (Lipinski definition) is 4. The van der Waals surface area contributed by atoms with Gasteiger partial charge in [-0.3, -0.25) is 9.59 Å². The fourth-order valence-corrected chi connectivity index (χ4v) is 2.26. The Labute approximate surface area is 141 Å². The Hall–Kier alpha value is -1.75. The number of carbonyl (C=O) groups excluding carboxylic acids is 2. The fourth-order valence-electron chi connectivity index (χ4n) is 2.03. The first-order chi connectivity index (χ1) is 11.0. The van der Waals surface area contributed by atoms with E-state index in [4.69, 9.17) is 21.1 Å². The van der Waals surface area contributed by atoms with Crippen LogP contribution in [0.15, 0.2) is 18.2 Å². The van der Waals surface area contributed by atoms with E-state index in [2.05, 4.69) is 5.32 Å². The van der Waals surface area contributed by atoms with E-state index in [1.807, 2.05) is 13.0 Å². The van der Waals surface area contributed by atoms with Crippen LogP contribution in [0.5, 0.6) is 5.75 Å². The van der Waals surface area contributed by atoms with Crippen LogP contribution in [0.4, 0.5) is 0 Å². The minimum absolute atomic E-state index is 0.216. The summed E-state index contributed by atoms with van der Waals surface area (Å²) >= 11 is 5.88. The van der Waals surface area contributed by atoms with Crippen LogP contribution in [0.25, 0.3) is 0 Å². The molecule has 1 saturated carbocycles. The SMILES string of the molecule is Cc1cc(Cl)ccc1OCCCC(=O)O[C@H](C)C(=O)NC1CC1. The maximum absolute atomic E-state index is 11.7. The predicted molar refractivity (Wildman–Crippen MR) is 87.6 cm³/mol. The summed E-state index contributed by atoms with van der Waals surface area (Å²) in [6, 6.07) is 5.66. The van der Waals surface area contributed by atoms with Crippen molar-refractivity contribution in [1.82, 2.24) is 5.32 Å². The van der Waals surface area contributed by atoms with E-state index in [1.165, 1.54) is 0 Å². The topological polar surface area (TPSA) is 64.6 Å². The maximum Gasteiger partial charge on any atom is 0.306 e. The van der Waals surface area contributed by atoms with E-state index in [0.29, 0.717) is 18.1 Å². The average Bonchev–Trinajstić information content (AvgIpc) is 3.29. The van der Waals surface area contributed by atoms with Crippen molar-refractivity contribution < 1.29 is 19.1 Å². The molecule has 1 aromatic carbocycles. The molecular formula is C17H22ClNO4. The van der Waals surface area contributed by atoms with Crippen LogP contribution in [0.3, 0.4) is 0 Å². The average molecular weight is 340 g/mol. The van der Waals surface area contributed by atoms with Crippen molar-refractivity contribution in [3.63, 3.8) is 0 Å². The van der Waals surface area contributed by atoms with E-state index < -0.39 is 6.10 Å². The molecule has 0 saturated heterocycles. The molecule has 23 heavy (non-hydrogen) atoms. The third-order valence-electron chi connectivity index (χ3n) is 3.52. The summed E-state index contributed by atoms with van der Waals surface area (Å²) in [5.74, 6) is 0.133. The summed E-state index contributed by atoms with van der Waals surface area (Å²) in [6.45, 7) is 3.90. The highest BCUT2D eigenvalue weighted by Crippen LogP contribution is 2.22. The van der Waals surface area contributed by atoms with Gasteiger partial charge in [-0.1, -0.05) is 11.6 Å². The number of halogens is 1. The number of rotatable bonds is 8. The number of amides is 1. The first-order valence-corrected chi connectivity index (χ1v) is 8.22. The second-order valence-electron chi connectivity index (χ2n) is 5.78. The Morgan fingerprint density at radius 1 is 1.39 bits per heavy atom. The summed E-state index contributed by atoms with van der Waals surface area (Å²) in [5.41, 5.74) is 0.949. The zero-order chi connectivity index (χ0) is 16.8. The van der Waals surface area contributed by atoms with Gasteiger partial charge in [-0.15, -0.1) is 0 Å². The van der Waals surface area contributed by atoms with Crippen LogP contribution < -0.4 is 10.1 Å². The number of carbonyl (C=O) groups is 2. The lowest BCUT2D eigenvalue weighted by Gasteiger charge is -2.13. The van der Waals surface area contributed by atoms with Crippen LogP contribution in [-0.4, -0.2) is 30.6 Å². The highest BCUT2D eigenvalue weighted by Gasteiger charge is 2.27. The zero-order valence-corrected chi connectivity index (χ0v) is 14.2. The van der Waals surface area contributed by atoms with Crippen LogP contribution in [0, 0.1) is 6.92 Å². The molecule has 1 aliphatic rings. The van der Waals surface area contributed by atoms with Crippen LogP contribution in [0.2, 0.25) is 5.02 Å². The second-order valence-corrected chi connectivity index (χ2v) is 6.21. The molecule has 126 valence electrons. The quantitative estimate of drug-likeness (QED) is 0.584. The first kappa shape index (κ1) is 17.6. The van der Waals surface area contributed by atoms with E-state index >= 15 is 0 Å². The van der Waals surface area contributed by atoms with Crippen molar-refractivity contribution in [1.29, 1.82) is 0 Å². The fraction of sp³-hybridized carbons (Fsp3) is 0.529. The standard InChI is InChI=1S/C17H22ClNO4/c1-11-10-13(18)5-8-15(11)22-9-3-4-16(20)23-12(2)17(21)19-14-6-7-14/h5,8,10,12,14H,3-4,6-7,9H2,1-2H3,(H,19,21)/t12-/m1/s1. The lowest BCUT2D eigenvalue weighted by Crippen LogP contribution is -2.37. The molecule has 1 amide bonds. The van der Waals surface area contributed by atoms with Gasteiger partial charge in [0.25, 0.3) is 5.91 Å². The first-order valence-electron chi connectivity index (χ1n) is 7.84. The third kappa shape index (κ3) is 6.10. The minimum atomic E-state index is -0.748. The van der Waals surface area contributed by atoms with E-state index in [1.54, 1.807) is 19.1 Å². The van der Waals surface area contributed by atoms with Gasteiger partial charge >= 0.3 is 5.97 Å². The van der Waals surface area contributed by atoms with Crippen molar-refractivity contribution in [2.24, 2.45) is 0 Å². The van der Waals surface area contributed by atoms with Gasteiger partial charge in [-0.2, -0.15) is 0 Å². The minimum Gasteiger partial charge on any atom is -0.493 e. The van der Waals surface area contributed by atoms with Gasteiger partial charge in [-0.25, -0.2) is 0 Å². The van der Waals surface area contributed by atoms with Crippen LogP contribution in [0.1, 0.15) is 38.2 Å². The number of esters is 1. The number of benzene rings is 1. The largest absolute Gasteiger partial charge is 0.493 e. The van der Waals surface area contributed by atoms with Gasteiger partial charge in [0, 0.05) is 17.5 Å². The van der Waals surface area contributed by atoms with E-state index in [-0.39, 0.29) is 24.3 Å². The molecule has 1 aromatic rings. The number of ether oxygens (including phenoxy) is 2. The number of hydrogen-bond donors (Lipinski definition) is 1. The summed E-state index contributed by atoms with van der Waals surface area (Å²) < 4.78 is 10.7. The molecule has 1 fully saturated rings. The molecular weight excluding hydrogens is 318 g/mol. The van der Waals surface area contributed by atoms with Gasteiger partial charge in [0.15, 0.2) is 6.10 Å². The molecule has 0 spiro atoms. The summed E-state index contributed by atoms with van der Waals surface area (Å²) in [6.07, 6.45) is 2.01. The summed E-state index contributed by atoms with van der Waals surface area (Å²) in [7, 11) is 0. The lowest BCUT2D eigenvalue weighted by atomic mass is 10.2. The van der Waals surface area contributed by atoms with E-state index in [9.17, 15) is 9.59 Å². The van der Waals surface area contributed by atoms with Gasteiger partial charge in [0.05, 0.1) is 6.61 Å². The molecule has 0 aromatic heterocycles. The molecule has 6 heteroatoms. The maximum atomic E-state index is 11.7. The molecule has 1 atom stereocenters. The van der Waals surface area contributed by atoms with Gasteiger partial charge in [-0.05, 0) is 56.9 Å². The van der Waals surface area contributed by atoms with Crippen molar-refractivity contribution in [2.75, 3.05) is 6.61 Å². The monoisotopic (exact) mass is 339 g/mol. The van der Waals surface area contributed by atoms with Crippen molar-refractivity contribution in [3.05, 3.63) is 28.8 Å². The molecule has 5 nitrogen and oxygen atoms in total. The molecule has 0 unspecified atom stereocenters. The van der Waals surface area contributed by atoms with Crippen molar-refractivity contribution >= 4 is 23.5 Å². The van der Waals surface area contributed by atoms with Gasteiger partial charge < -0.3 is 14.8 Å². The Balaban J connectivity index is 1.63. The Morgan fingerprint density at radius 3 is 2.78 bits per heavy atom. The molecule has 1 aliphatic carbocycles. The Kier molecular flexibility index (Phi) is 6.28.